The van der Waals surface area contributed by atoms with Crippen LogP contribution in [-0.2, 0) is 20.7 Å². The molecule has 2 saturated heterocycles. The molecule has 1 atom stereocenters. The molecule has 25 heavy (non-hydrogen) atoms. The number of aromatic nitrogens is 1. The third-order valence-electron chi connectivity index (χ3n) is 5.17. The van der Waals surface area contributed by atoms with Gasteiger partial charge in [-0.15, -0.1) is 0 Å². The normalized spacial score (nSPS) is 21.8. The molecule has 1 aromatic heterocycles. The summed E-state index contributed by atoms with van der Waals surface area (Å²) in [4.78, 5) is 32.9. The number of hydrogen-bond donors (Lipinski definition) is 0. The molecule has 3 rings (SSSR count). The zero-order chi connectivity index (χ0) is 17.6. The topological polar surface area (TPSA) is 62.7 Å². The Hall–Kier alpha value is -1.95. The molecule has 0 bridgehead atoms. The lowest BCUT2D eigenvalue weighted by Crippen LogP contribution is -2.55. The van der Waals surface area contributed by atoms with E-state index in [9.17, 15) is 9.59 Å². The van der Waals surface area contributed by atoms with Crippen LogP contribution in [0.3, 0.4) is 0 Å². The van der Waals surface area contributed by atoms with Gasteiger partial charge in [-0.3, -0.25) is 14.6 Å². The highest BCUT2D eigenvalue weighted by molar-refractivity contribution is 5.79. The fourth-order valence-electron chi connectivity index (χ4n) is 3.97. The summed E-state index contributed by atoms with van der Waals surface area (Å²) >= 11 is 0. The molecule has 3 heterocycles. The number of rotatable bonds is 4. The van der Waals surface area contributed by atoms with Crippen molar-refractivity contribution in [3.8, 4) is 0 Å². The van der Waals surface area contributed by atoms with Gasteiger partial charge in [0.25, 0.3) is 0 Å². The van der Waals surface area contributed by atoms with E-state index in [-0.39, 0.29) is 23.9 Å². The van der Waals surface area contributed by atoms with Gasteiger partial charge in [0.05, 0.1) is 6.42 Å². The predicted molar refractivity (Wildman–Crippen MR) is 93.9 cm³/mol. The van der Waals surface area contributed by atoms with E-state index in [1.807, 2.05) is 21.9 Å². The van der Waals surface area contributed by atoms with Crippen molar-refractivity contribution in [1.82, 2.24) is 14.8 Å². The quantitative estimate of drug-likeness (QED) is 0.832. The van der Waals surface area contributed by atoms with Crippen LogP contribution in [-0.4, -0.2) is 65.0 Å². The molecule has 0 unspecified atom stereocenters. The van der Waals surface area contributed by atoms with Crippen LogP contribution in [0, 0.1) is 0 Å². The van der Waals surface area contributed by atoms with Crippen molar-refractivity contribution < 1.29 is 14.3 Å². The first-order valence-corrected chi connectivity index (χ1v) is 9.18. The molecular formula is C19H27N3O3. The Kier molecular flexibility index (Phi) is 6.02. The first-order chi connectivity index (χ1) is 12.1. The molecule has 0 aliphatic carbocycles. The summed E-state index contributed by atoms with van der Waals surface area (Å²) in [6, 6.07) is 4.14. The summed E-state index contributed by atoms with van der Waals surface area (Å²) in [7, 11) is 0. The third-order valence-corrected chi connectivity index (χ3v) is 5.17. The second kappa shape index (κ2) is 8.43. The first kappa shape index (κ1) is 17.9. The Labute approximate surface area is 149 Å². The van der Waals surface area contributed by atoms with E-state index in [0.29, 0.717) is 26.2 Å². The van der Waals surface area contributed by atoms with E-state index >= 15 is 0 Å². The van der Waals surface area contributed by atoms with E-state index < -0.39 is 0 Å². The highest BCUT2D eigenvalue weighted by atomic mass is 16.5. The van der Waals surface area contributed by atoms with Crippen molar-refractivity contribution in [2.45, 2.75) is 51.1 Å². The van der Waals surface area contributed by atoms with Gasteiger partial charge in [0.1, 0.15) is 0 Å². The van der Waals surface area contributed by atoms with E-state index in [0.717, 1.165) is 37.8 Å². The van der Waals surface area contributed by atoms with Crippen LogP contribution in [0.1, 0.15) is 38.2 Å². The molecular weight excluding hydrogens is 318 g/mol. The number of amides is 2. The van der Waals surface area contributed by atoms with Crippen LogP contribution in [0.25, 0.3) is 0 Å². The van der Waals surface area contributed by atoms with Crippen LogP contribution in [0.5, 0.6) is 0 Å². The van der Waals surface area contributed by atoms with Crippen LogP contribution in [0.4, 0.5) is 0 Å². The highest BCUT2D eigenvalue weighted by Crippen LogP contribution is 2.24. The summed E-state index contributed by atoms with van der Waals surface area (Å²) in [5.74, 6) is 0.228. The van der Waals surface area contributed by atoms with Crippen LogP contribution in [0.2, 0.25) is 0 Å². The largest absolute Gasteiger partial charge is 0.381 e. The third kappa shape index (κ3) is 4.57. The van der Waals surface area contributed by atoms with E-state index in [2.05, 4.69) is 4.98 Å². The number of likely N-dealkylation sites (tertiary alicyclic amines) is 1. The number of nitrogens with zero attached hydrogens (tertiary/aromatic N) is 3. The van der Waals surface area contributed by atoms with Crippen molar-refractivity contribution in [2.75, 3.05) is 26.3 Å². The van der Waals surface area contributed by atoms with Crippen molar-refractivity contribution in [3.05, 3.63) is 30.1 Å². The number of hydrogen-bond acceptors (Lipinski definition) is 4. The minimum absolute atomic E-state index is 0.110. The molecule has 0 aromatic carbocycles. The lowest BCUT2D eigenvalue weighted by molar-refractivity contribution is -0.142. The zero-order valence-corrected chi connectivity index (χ0v) is 14.9. The van der Waals surface area contributed by atoms with Crippen molar-refractivity contribution in [2.24, 2.45) is 0 Å². The Morgan fingerprint density at radius 2 is 2.08 bits per heavy atom. The Balaban J connectivity index is 1.64. The molecule has 6 heteroatoms. The predicted octanol–water partition coefficient (Wildman–Crippen LogP) is 1.64. The second-order valence-corrected chi connectivity index (χ2v) is 6.94. The molecule has 136 valence electrons. The van der Waals surface area contributed by atoms with Gasteiger partial charge < -0.3 is 14.5 Å². The zero-order valence-electron chi connectivity index (χ0n) is 14.9. The van der Waals surface area contributed by atoms with Gasteiger partial charge in [-0.05, 0) is 37.3 Å². The van der Waals surface area contributed by atoms with Gasteiger partial charge in [0.2, 0.25) is 11.8 Å². The van der Waals surface area contributed by atoms with E-state index in [1.54, 1.807) is 19.3 Å². The second-order valence-electron chi connectivity index (χ2n) is 6.94. The molecule has 2 aliphatic heterocycles. The fraction of sp³-hybridized carbons (Fsp3) is 0.632. The van der Waals surface area contributed by atoms with Crippen molar-refractivity contribution >= 4 is 11.8 Å². The van der Waals surface area contributed by atoms with Gasteiger partial charge in [-0.2, -0.15) is 0 Å². The number of carbonyl (C=O) groups is 2. The van der Waals surface area contributed by atoms with Gasteiger partial charge in [-0.1, -0.05) is 6.07 Å². The first-order valence-electron chi connectivity index (χ1n) is 9.18. The van der Waals surface area contributed by atoms with Crippen LogP contribution >= 0.6 is 0 Å². The Morgan fingerprint density at radius 3 is 2.76 bits per heavy atom. The maximum Gasteiger partial charge on any atom is 0.227 e. The van der Waals surface area contributed by atoms with Gasteiger partial charge >= 0.3 is 0 Å². The Morgan fingerprint density at radius 1 is 1.28 bits per heavy atom. The van der Waals surface area contributed by atoms with E-state index in [1.165, 1.54) is 0 Å². The minimum atomic E-state index is 0.110. The number of pyridine rings is 1. The standard InChI is InChI=1S/C19H27N3O3/c1-15(23)22(17-6-10-25-11-7-17)18-5-3-9-21(14-18)19(24)12-16-4-2-8-20-13-16/h2,4,8,13,17-18H,3,5-7,9-12,14H2,1H3/t18-/m0/s1. The molecule has 1 aromatic rings. The van der Waals surface area contributed by atoms with Gasteiger partial charge in [-0.25, -0.2) is 0 Å². The molecule has 2 amide bonds. The summed E-state index contributed by atoms with van der Waals surface area (Å²) in [5, 5.41) is 0. The van der Waals surface area contributed by atoms with Crippen LogP contribution in [0.15, 0.2) is 24.5 Å². The molecule has 0 radical (unpaired) electrons. The summed E-state index contributed by atoms with van der Waals surface area (Å²) in [6.07, 6.45) is 7.51. The Bertz CT molecular complexity index is 587. The van der Waals surface area contributed by atoms with Gasteiger partial charge in [0.15, 0.2) is 0 Å². The molecule has 2 aliphatic rings. The molecule has 0 spiro atoms. The average Bonchev–Trinajstić information content (AvgIpc) is 2.63. The molecule has 2 fully saturated rings. The van der Waals surface area contributed by atoms with Crippen LogP contribution < -0.4 is 0 Å². The summed E-state index contributed by atoms with van der Waals surface area (Å²) < 4.78 is 5.43. The van der Waals surface area contributed by atoms with Crippen molar-refractivity contribution in [1.29, 1.82) is 0 Å². The molecule has 0 N–H and O–H groups in total. The lowest BCUT2D eigenvalue weighted by Gasteiger charge is -2.44. The lowest BCUT2D eigenvalue weighted by atomic mass is 9.98. The number of ether oxygens (including phenoxy) is 1. The SMILES string of the molecule is CC(=O)N(C1CCOCC1)[C@H]1CCCN(C(=O)Cc2cccnc2)C1. The molecule has 0 saturated carbocycles. The number of piperidine rings is 1. The maximum absolute atomic E-state index is 12.7. The highest BCUT2D eigenvalue weighted by Gasteiger charge is 2.34. The summed E-state index contributed by atoms with van der Waals surface area (Å²) in [5.41, 5.74) is 0.933. The molecule has 6 nitrogen and oxygen atoms in total. The number of carbonyl (C=O) groups excluding carboxylic acids is 2. The minimum Gasteiger partial charge on any atom is -0.381 e. The van der Waals surface area contributed by atoms with Crippen molar-refractivity contribution in [3.63, 3.8) is 0 Å². The van der Waals surface area contributed by atoms with Gasteiger partial charge in [0, 0.05) is 57.7 Å². The summed E-state index contributed by atoms with van der Waals surface area (Å²) in [6.45, 7) is 4.48. The fourth-order valence-corrected chi connectivity index (χ4v) is 3.97. The monoisotopic (exact) mass is 345 g/mol. The average molecular weight is 345 g/mol. The maximum atomic E-state index is 12.7. The van der Waals surface area contributed by atoms with E-state index in [4.69, 9.17) is 4.74 Å². The smallest absolute Gasteiger partial charge is 0.227 e.